The Balaban J connectivity index is 1.64. The zero-order valence-corrected chi connectivity index (χ0v) is 12.1. The van der Waals surface area contributed by atoms with E-state index in [1.165, 1.54) is 12.1 Å². The first-order chi connectivity index (χ1) is 10.7. The van der Waals surface area contributed by atoms with Gasteiger partial charge in [0, 0.05) is 31.2 Å². The van der Waals surface area contributed by atoms with Crippen LogP contribution in [0.5, 0.6) is 0 Å². The van der Waals surface area contributed by atoms with Crippen molar-refractivity contribution in [1.29, 1.82) is 0 Å². The number of piperidine rings is 1. The van der Waals surface area contributed by atoms with Crippen LogP contribution in [0.1, 0.15) is 12.8 Å². The zero-order chi connectivity index (χ0) is 15.4. The van der Waals surface area contributed by atoms with E-state index < -0.39 is 0 Å². The van der Waals surface area contributed by atoms with Crippen LogP contribution in [0, 0.1) is 11.7 Å². The van der Waals surface area contributed by atoms with Gasteiger partial charge in [0.15, 0.2) is 0 Å². The number of aromatic nitrogens is 2. The quantitative estimate of drug-likeness (QED) is 0.946. The van der Waals surface area contributed by atoms with Crippen LogP contribution in [-0.4, -0.2) is 29.0 Å². The molecule has 1 aliphatic rings. The Hall–Kier alpha value is -2.50. The molecule has 1 N–H and O–H groups in total. The molecule has 2 heterocycles. The predicted molar refractivity (Wildman–Crippen MR) is 82.0 cm³/mol. The second-order valence-electron chi connectivity index (χ2n) is 5.34. The number of nitrogens with zero attached hydrogens (tertiary/aromatic N) is 3. The first-order valence-electron chi connectivity index (χ1n) is 7.30. The average molecular weight is 300 g/mol. The van der Waals surface area contributed by atoms with Crippen molar-refractivity contribution in [3.63, 3.8) is 0 Å². The van der Waals surface area contributed by atoms with E-state index in [0.29, 0.717) is 12.2 Å². The van der Waals surface area contributed by atoms with Gasteiger partial charge in [0.25, 0.3) is 0 Å². The van der Waals surface area contributed by atoms with Crippen molar-refractivity contribution >= 4 is 17.4 Å². The van der Waals surface area contributed by atoms with Crippen molar-refractivity contribution in [2.24, 2.45) is 5.92 Å². The van der Waals surface area contributed by atoms with Gasteiger partial charge in [-0.15, -0.1) is 0 Å². The summed E-state index contributed by atoms with van der Waals surface area (Å²) in [5.41, 5.74) is 0.614. The van der Waals surface area contributed by atoms with Crippen molar-refractivity contribution in [2.75, 3.05) is 23.3 Å². The molecule has 3 rings (SSSR count). The normalized spacial score (nSPS) is 18.0. The molecule has 1 aliphatic heterocycles. The Bertz CT molecular complexity index is 632. The highest BCUT2D eigenvalue weighted by atomic mass is 19.1. The lowest BCUT2D eigenvalue weighted by Crippen LogP contribution is -2.41. The van der Waals surface area contributed by atoms with Gasteiger partial charge in [0.2, 0.25) is 5.91 Å². The minimum Gasteiger partial charge on any atom is -0.355 e. The first-order valence-corrected chi connectivity index (χ1v) is 7.30. The minimum absolute atomic E-state index is 0.0415. The molecule has 1 saturated heterocycles. The van der Waals surface area contributed by atoms with Crippen LogP contribution in [-0.2, 0) is 4.79 Å². The van der Waals surface area contributed by atoms with E-state index in [9.17, 15) is 9.18 Å². The molecule has 0 bridgehead atoms. The van der Waals surface area contributed by atoms with Gasteiger partial charge in [-0.2, -0.15) is 0 Å². The van der Waals surface area contributed by atoms with Gasteiger partial charge < -0.3 is 10.2 Å². The number of hydrogen-bond donors (Lipinski definition) is 1. The lowest BCUT2D eigenvalue weighted by molar-refractivity contribution is -0.120. The lowest BCUT2D eigenvalue weighted by Gasteiger charge is -2.32. The van der Waals surface area contributed by atoms with Crippen LogP contribution in [0.3, 0.4) is 0 Å². The highest BCUT2D eigenvalue weighted by Gasteiger charge is 2.26. The van der Waals surface area contributed by atoms with Crippen LogP contribution >= 0.6 is 0 Å². The number of amides is 1. The molecular weight excluding hydrogens is 283 g/mol. The highest BCUT2D eigenvalue weighted by Crippen LogP contribution is 2.22. The minimum atomic E-state index is -0.315. The van der Waals surface area contributed by atoms with Crippen LogP contribution in [0.15, 0.2) is 42.9 Å². The lowest BCUT2D eigenvalue weighted by atomic mass is 9.97. The third-order valence-electron chi connectivity index (χ3n) is 3.78. The molecule has 1 amide bonds. The van der Waals surface area contributed by atoms with Crippen molar-refractivity contribution in [3.8, 4) is 0 Å². The molecule has 0 spiro atoms. The zero-order valence-electron chi connectivity index (χ0n) is 12.1. The molecule has 114 valence electrons. The molecule has 6 heteroatoms. The molecule has 0 radical (unpaired) electrons. The molecule has 1 fully saturated rings. The summed E-state index contributed by atoms with van der Waals surface area (Å²) in [7, 11) is 0. The van der Waals surface area contributed by atoms with Crippen LogP contribution < -0.4 is 10.2 Å². The maximum Gasteiger partial charge on any atom is 0.229 e. The van der Waals surface area contributed by atoms with Gasteiger partial charge in [-0.1, -0.05) is 0 Å². The molecule has 1 aromatic heterocycles. The van der Waals surface area contributed by atoms with E-state index in [1.807, 2.05) is 0 Å². The largest absolute Gasteiger partial charge is 0.355 e. The van der Waals surface area contributed by atoms with Crippen LogP contribution in [0.2, 0.25) is 0 Å². The van der Waals surface area contributed by atoms with E-state index in [-0.39, 0.29) is 17.6 Å². The molecule has 0 aliphatic carbocycles. The third-order valence-corrected chi connectivity index (χ3v) is 3.78. The van der Waals surface area contributed by atoms with E-state index in [2.05, 4.69) is 20.2 Å². The number of benzene rings is 1. The molecule has 22 heavy (non-hydrogen) atoms. The van der Waals surface area contributed by atoms with Crippen molar-refractivity contribution in [1.82, 2.24) is 9.97 Å². The Morgan fingerprint density at radius 1 is 1.27 bits per heavy atom. The fourth-order valence-electron chi connectivity index (χ4n) is 2.63. The number of halogens is 1. The van der Waals surface area contributed by atoms with Crippen LogP contribution in [0.25, 0.3) is 0 Å². The van der Waals surface area contributed by atoms with Crippen molar-refractivity contribution in [2.45, 2.75) is 12.8 Å². The second kappa shape index (κ2) is 6.51. The Kier molecular flexibility index (Phi) is 4.27. The third kappa shape index (κ3) is 3.39. The predicted octanol–water partition coefficient (Wildman–Crippen LogP) is 2.47. The Morgan fingerprint density at radius 2 is 2.09 bits per heavy atom. The SMILES string of the molecule is O=C(Nc1ccc(F)cc1)[C@H]1CCCN(c2cnccn2)C1. The van der Waals surface area contributed by atoms with Gasteiger partial charge in [0.1, 0.15) is 11.6 Å². The molecule has 0 saturated carbocycles. The molecule has 2 aromatic rings. The van der Waals surface area contributed by atoms with Crippen LogP contribution in [0.4, 0.5) is 15.9 Å². The molecule has 1 aromatic carbocycles. The Labute approximate surface area is 128 Å². The smallest absolute Gasteiger partial charge is 0.229 e. The summed E-state index contributed by atoms with van der Waals surface area (Å²) in [6.07, 6.45) is 6.76. The number of nitrogens with one attached hydrogen (secondary N) is 1. The summed E-state index contributed by atoms with van der Waals surface area (Å²) in [6, 6.07) is 5.80. The van der Waals surface area contributed by atoms with E-state index in [4.69, 9.17) is 0 Å². The monoisotopic (exact) mass is 300 g/mol. The van der Waals surface area contributed by atoms with Gasteiger partial charge >= 0.3 is 0 Å². The maximum absolute atomic E-state index is 12.9. The number of hydrogen-bond acceptors (Lipinski definition) is 4. The Morgan fingerprint density at radius 3 is 2.82 bits per heavy atom. The van der Waals surface area contributed by atoms with Gasteiger partial charge in [-0.3, -0.25) is 9.78 Å². The summed E-state index contributed by atoms with van der Waals surface area (Å²) in [5.74, 6) is 0.326. The summed E-state index contributed by atoms with van der Waals surface area (Å²) in [6.45, 7) is 1.49. The second-order valence-corrected chi connectivity index (χ2v) is 5.34. The standard InChI is InChI=1S/C16H17FN4O/c17-13-3-5-14(6-4-13)20-16(22)12-2-1-9-21(11-12)15-10-18-7-8-19-15/h3-8,10,12H,1-2,9,11H2,(H,20,22)/t12-/m0/s1. The van der Waals surface area contributed by atoms with E-state index >= 15 is 0 Å². The van der Waals surface area contributed by atoms with E-state index in [0.717, 1.165) is 25.2 Å². The number of carbonyl (C=O) groups is 1. The molecular formula is C16H17FN4O. The number of anilines is 2. The number of rotatable bonds is 3. The fraction of sp³-hybridized carbons (Fsp3) is 0.312. The molecule has 5 nitrogen and oxygen atoms in total. The summed E-state index contributed by atoms with van der Waals surface area (Å²) in [4.78, 5) is 22.8. The topological polar surface area (TPSA) is 58.1 Å². The van der Waals surface area contributed by atoms with Crippen molar-refractivity contribution in [3.05, 3.63) is 48.7 Å². The van der Waals surface area contributed by atoms with Gasteiger partial charge in [-0.25, -0.2) is 9.37 Å². The molecule has 1 atom stereocenters. The fourth-order valence-corrected chi connectivity index (χ4v) is 2.63. The van der Waals surface area contributed by atoms with E-state index in [1.54, 1.807) is 30.7 Å². The van der Waals surface area contributed by atoms with Crippen molar-refractivity contribution < 1.29 is 9.18 Å². The number of carbonyl (C=O) groups excluding carboxylic acids is 1. The maximum atomic E-state index is 12.9. The summed E-state index contributed by atoms with van der Waals surface area (Å²) < 4.78 is 12.9. The first kappa shape index (κ1) is 14.4. The molecule has 0 unspecified atom stereocenters. The summed E-state index contributed by atoms with van der Waals surface area (Å²) >= 11 is 0. The van der Waals surface area contributed by atoms with Gasteiger partial charge in [-0.05, 0) is 37.1 Å². The average Bonchev–Trinajstić information content (AvgIpc) is 2.58. The summed E-state index contributed by atoms with van der Waals surface area (Å²) in [5, 5.41) is 2.84. The van der Waals surface area contributed by atoms with Gasteiger partial charge in [0.05, 0.1) is 12.1 Å². The highest BCUT2D eigenvalue weighted by molar-refractivity contribution is 5.93.